The summed E-state index contributed by atoms with van der Waals surface area (Å²) < 4.78 is 10.1. The number of likely N-dealkylation sites (tertiary alicyclic amines) is 1. The number of aromatic nitrogens is 5. The molecule has 4 N–H and O–H groups in total. The van der Waals surface area contributed by atoms with E-state index in [0.717, 1.165) is 30.8 Å². The quantitative estimate of drug-likeness (QED) is 0.234. The average Bonchev–Trinajstić information content (AvgIpc) is 2.98. The van der Waals surface area contributed by atoms with Crippen molar-refractivity contribution in [3.8, 4) is 17.5 Å². The molecule has 1 saturated heterocycles. The number of benzene rings is 1. The zero-order valence-corrected chi connectivity index (χ0v) is 26.0. The highest BCUT2D eigenvalue weighted by molar-refractivity contribution is 7.71. The number of pyridine rings is 1. The number of H-pyrrole nitrogens is 2. The highest BCUT2D eigenvalue weighted by atomic mass is 32.1. The predicted octanol–water partition coefficient (Wildman–Crippen LogP) is 2.58. The van der Waals surface area contributed by atoms with E-state index in [-0.39, 0.29) is 32.1 Å². The molecule has 0 saturated carbocycles. The van der Waals surface area contributed by atoms with Crippen LogP contribution in [0, 0.1) is 15.5 Å². The fourth-order valence-corrected chi connectivity index (χ4v) is 7.08. The third-order valence-electron chi connectivity index (χ3n) is 8.82. The van der Waals surface area contributed by atoms with Crippen molar-refractivity contribution in [3.05, 3.63) is 105 Å². The first-order chi connectivity index (χ1) is 21.0. The first kappa shape index (κ1) is 29.8. The number of ether oxygens (including phenoxy) is 1. The molecule has 0 aliphatic carbocycles. The Hall–Kier alpha value is -4.27. The zero-order chi connectivity index (χ0) is 31.4. The first-order valence-corrected chi connectivity index (χ1v) is 14.9. The van der Waals surface area contributed by atoms with Gasteiger partial charge < -0.3 is 19.5 Å². The van der Waals surface area contributed by atoms with Crippen molar-refractivity contribution < 1.29 is 14.9 Å². The second-order valence-corrected chi connectivity index (χ2v) is 12.3. The highest BCUT2D eigenvalue weighted by Gasteiger charge is 2.35. The Balaban J connectivity index is 1.47. The van der Waals surface area contributed by atoms with Crippen LogP contribution in [0.5, 0.6) is 17.5 Å². The van der Waals surface area contributed by atoms with E-state index in [2.05, 4.69) is 14.9 Å². The summed E-state index contributed by atoms with van der Waals surface area (Å²) >= 11 is 10.4. The van der Waals surface area contributed by atoms with Gasteiger partial charge in [-0.3, -0.25) is 38.4 Å². The predicted molar refractivity (Wildman–Crippen MR) is 168 cm³/mol. The van der Waals surface area contributed by atoms with Gasteiger partial charge in [0.2, 0.25) is 11.8 Å². The molecule has 2 aliphatic rings. The molecular formula is C30H32N6O6S2. The number of aromatic amines is 2. The SMILES string of the molecule is COc1ccc(C(c2c(O)n(C)c(=S)[nH]c2=O)c2c(O)n(C)c(=S)[nH]c2=O)cc1CN1CC2CC(C1)c1cccc(=O)n1C2. The summed E-state index contributed by atoms with van der Waals surface area (Å²) in [5.74, 6) is -0.962. The Morgan fingerprint density at radius 2 is 1.57 bits per heavy atom. The lowest BCUT2D eigenvalue weighted by Crippen LogP contribution is -2.46. The van der Waals surface area contributed by atoms with Crippen LogP contribution >= 0.6 is 24.4 Å². The normalized spacial score (nSPS) is 17.9. The minimum absolute atomic E-state index is 0.00510. The Morgan fingerprint density at radius 1 is 0.932 bits per heavy atom. The highest BCUT2D eigenvalue weighted by Crippen LogP contribution is 2.40. The van der Waals surface area contributed by atoms with E-state index in [0.29, 0.717) is 30.3 Å². The molecule has 44 heavy (non-hydrogen) atoms. The number of hydrogen-bond acceptors (Lipinski definition) is 9. The third kappa shape index (κ3) is 5.02. The van der Waals surface area contributed by atoms with Crippen molar-refractivity contribution >= 4 is 24.4 Å². The van der Waals surface area contributed by atoms with Crippen molar-refractivity contribution in [1.82, 2.24) is 28.6 Å². The molecule has 6 rings (SSSR count). The van der Waals surface area contributed by atoms with Gasteiger partial charge in [0.1, 0.15) is 5.75 Å². The fraction of sp³-hybridized carbons (Fsp3) is 0.367. The summed E-state index contributed by atoms with van der Waals surface area (Å²) in [5, 5.41) is 22.4. The van der Waals surface area contributed by atoms with Crippen molar-refractivity contribution in [3.63, 3.8) is 0 Å². The summed E-state index contributed by atoms with van der Waals surface area (Å²) in [6.07, 6.45) is 1.01. The van der Waals surface area contributed by atoms with E-state index in [4.69, 9.17) is 29.2 Å². The van der Waals surface area contributed by atoms with Crippen LogP contribution in [-0.2, 0) is 27.2 Å². The van der Waals surface area contributed by atoms with Gasteiger partial charge in [-0.1, -0.05) is 12.1 Å². The second-order valence-electron chi connectivity index (χ2n) is 11.5. The van der Waals surface area contributed by atoms with Gasteiger partial charge in [0.15, 0.2) is 9.54 Å². The molecule has 14 heteroatoms. The van der Waals surface area contributed by atoms with Gasteiger partial charge >= 0.3 is 0 Å². The van der Waals surface area contributed by atoms with E-state index in [9.17, 15) is 24.6 Å². The van der Waals surface area contributed by atoms with E-state index in [1.165, 1.54) is 23.2 Å². The molecule has 0 spiro atoms. The van der Waals surface area contributed by atoms with Gasteiger partial charge in [-0.25, -0.2) is 0 Å². The molecular weight excluding hydrogens is 605 g/mol. The number of piperidine rings is 1. The minimum Gasteiger partial charge on any atom is -0.496 e. The summed E-state index contributed by atoms with van der Waals surface area (Å²) in [5.41, 5.74) is 0.599. The van der Waals surface area contributed by atoms with Crippen LogP contribution in [-0.4, -0.2) is 59.0 Å². The third-order valence-corrected chi connectivity index (χ3v) is 9.57. The fourth-order valence-electron chi connectivity index (χ4n) is 6.72. The topological polar surface area (TPSA) is 151 Å². The molecule has 230 valence electrons. The van der Waals surface area contributed by atoms with E-state index in [1.54, 1.807) is 25.3 Å². The monoisotopic (exact) mass is 636 g/mol. The number of methoxy groups -OCH3 is 1. The standard InChI is InChI=1S/C30H32N6O6S2/c1-33-27(40)23(25(38)31-29(33)43)22(24-26(39)32-30(44)34(2)28(24)41)16-7-8-20(42-3)18(10-16)14-35-11-15-9-17(13-35)19-5-4-6-21(37)36(19)12-15/h4-8,10,15,17,22,40-41H,9,11-14H2,1-3H3,(H,31,38,43)(H,32,39,44). The average molecular weight is 637 g/mol. The second kappa shape index (κ2) is 11.3. The summed E-state index contributed by atoms with van der Waals surface area (Å²) in [7, 11) is 4.55. The summed E-state index contributed by atoms with van der Waals surface area (Å²) in [6, 6.07) is 10.7. The molecule has 2 aliphatic heterocycles. The van der Waals surface area contributed by atoms with Crippen molar-refractivity contribution in [2.45, 2.75) is 31.3 Å². The Labute approximate surface area is 261 Å². The van der Waals surface area contributed by atoms with Gasteiger partial charge in [0.05, 0.1) is 24.2 Å². The Kier molecular flexibility index (Phi) is 7.68. The molecule has 2 atom stereocenters. The molecule has 2 bridgehead atoms. The molecule has 1 aromatic carbocycles. The van der Waals surface area contributed by atoms with Crippen LogP contribution in [0.2, 0.25) is 0 Å². The van der Waals surface area contributed by atoms with Crippen LogP contribution in [0.1, 0.15) is 46.2 Å². The summed E-state index contributed by atoms with van der Waals surface area (Å²) in [6.45, 7) is 2.68. The largest absolute Gasteiger partial charge is 0.496 e. The maximum Gasteiger partial charge on any atom is 0.259 e. The van der Waals surface area contributed by atoms with Crippen LogP contribution in [0.3, 0.4) is 0 Å². The van der Waals surface area contributed by atoms with Crippen LogP contribution < -0.4 is 21.4 Å². The molecule has 12 nitrogen and oxygen atoms in total. The van der Waals surface area contributed by atoms with Crippen molar-refractivity contribution in [2.24, 2.45) is 20.0 Å². The molecule has 4 aromatic rings. The number of hydrogen-bond donors (Lipinski definition) is 4. The molecule has 3 aromatic heterocycles. The lowest BCUT2D eigenvalue weighted by molar-refractivity contribution is 0.113. The molecule has 1 fully saturated rings. The summed E-state index contributed by atoms with van der Waals surface area (Å²) in [4.78, 5) is 46.7. The molecule has 0 amide bonds. The Morgan fingerprint density at radius 3 is 2.18 bits per heavy atom. The molecule has 0 radical (unpaired) electrons. The van der Waals surface area contributed by atoms with Gasteiger partial charge in [-0.2, -0.15) is 0 Å². The first-order valence-electron chi connectivity index (χ1n) is 14.1. The van der Waals surface area contributed by atoms with Crippen LogP contribution in [0.4, 0.5) is 0 Å². The maximum absolute atomic E-state index is 13.4. The van der Waals surface area contributed by atoms with Gasteiger partial charge in [-0.05, 0) is 60.5 Å². The van der Waals surface area contributed by atoms with E-state index in [1.807, 2.05) is 22.8 Å². The zero-order valence-electron chi connectivity index (χ0n) is 24.4. The van der Waals surface area contributed by atoms with Crippen LogP contribution in [0.25, 0.3) is 0 Å². The Bertz CT molecular complexity index is 2010. The number of fused-ring (bicyclic) bond motifs is 4. The smallest absolute Gasteiger partial charge is 0.259 e. The number of nitrogens with zero attached hydrogens (tertiary/aromatic N) is 4. The van der Waals surface area contributed by atoms with Gasteiger partial charge in [0, 0.05) is 63.5 Å². The van der Waals surface area contributed by atoms with Crippen LogP contribution in [0.15, 0.2) is 50.8 Å². The lowest BCUT2D eigenvalue weighted by Gasteiger charge is -2.43. The number of aromatic hydroxyl groups is 2. The molecule has 2 unspecified atom stereocenters. The lowest BCUT2D eigenvalue weighted by atomic mass is 9.82. The van der Waals surface area contributed by atoms with Gasteiger partial charge in [-0.15, -0.1) is 0 Å². The minimum atomic E-state index is -1.20. The molecule has 5 heterocycles. The number of rotatable bonds is 6. The maximum atomic E-state index is 13.4. The van der Waals surface area contributed by atoms with E-state index >= 15 is 0 Å². The van der Waals surface area contributed by atoms with Crippen molar-refractivity contribution in [2.75, 3.05) is 20.2 Å². The van der Waals surface area contributed by atoms with Gasteiger partial charge in [0.25, 0.3) is 16.7 Å². The van der Waals surface area contributed by atoms with E-state index < -0.39 is 28.8 Å². The number of nitrogens with one attached hydrogen (secondary N) is 2. The van der Waals surface area contributed by atoms with Crippen molar-refractivity contribution in [1.29, 1.82) is 0 Å².